The number of carbonyl (C=O) groups excluding carboxylic acids is 4. The zero-order chi connectivity index (χ0) is 25.0. The Bertz CT molecular complexity index is 1080. The molecule has 0 radical (unpaired) electrons. The van der Waals surface area contributed by atoms with Crippen LogP contribution in [0.2, 0.25) is 0 Å². The van der Waals surface area contributed by atoms with E-state index in [1.807, 2.05) is 0 Å². The van der Waals surface area contributed by atoms with Crippen LogP contribution in [0, 0.1) is 17.8 Å². The number of esters is 4. The lowest BCUT2D eigenvalue weighted by Gasteiger charge is -2.35. The third-order valence-corrected chi connectivity index (χ3v) is 6.55. The van der Waals surface area contributed by atoms with Crippen molar-refractivity contribution in [2.75, 3.05) is 27.4 Å². The highest BCUT2D eigenvalue weighted by Gasteiger charge is 2.69. The molecule has 2 saturated heterocycles. The lowest BCUT2D eigenvalue weighted by Crippen LogP contribution is -2.51. The molecule has 2 bridgehead atoms. The van der Waals surface area contributed by atoms with Gasteiger partial charge in [0.15, 0.2) is 0 Å². The Balaban J connectivity index is 1.55. The van der Waals surface area contributed by atoms with E-state index in [2.05, 4.69) is 0 Å². The first-order valence-corrected chi connectivity index (χ1v) is 11.2. The van der Waals surface area contributed by atoms with E-state index in [1.54, 1.807) is 60.7 Å². The highest BCUT2D eigenvalue weighted by Crippen LogP contribution is 2.55. The second-order valence-corrected chi connectivity index (χ2v) is 8.57. The standard InChI is InChI=1S/C26H26O9/c1-31-24(29)19-20(25(30)32-2)26(15-34-23(28)17-11-7-4-8-12-17)13-18(21(19)35-26)14-33-22(27)16-9-5-3-6-10-16/h3-12,18-21H,13-15H2,1-2H3/t18-,19+,20+,21-,26-/m0/s1. The largest absolute Gasteiger partial charge is 0.469 e. The van der Waals surface area contributed by atoms with Crippen LogP contribution < -0.4 is 0 Å². The smallest absolute Gasteiger partial charge is 0.338 e. The molecule has 9 nitrogen and oxygen atoms in total. The summed E-state index contributed by atoms with van der Waals surface area (Å²) in [4.78, 5) is 50.5. The lowest BCUT2D eigenvalue weighted by molar-refractivity contribution is -0.162. The summed E-state index contributed by atoms with van der Waals surface area (Å²) < 4.78 is 27.1. The summed E-state index contributed by atoms with van der Waals surface area (Å²) in [5.74, 6) is -4.91. The molecule has 0 unspecified atom stereocenters. The van der Waals surface area contributed by atoms with E-state index < -0.39 is 53.3 Å². The summed E-state index contributed by atoms with van der Waals surface area (Å²) in [6.07, 6.45) is -0.569. The van der Waals surface area contributed by atoms with Crippen molar-refractivity contribution < 1.29 is 42.9 Å². The number of carbonyl (C=O) groups is 4. The number of rotatable bonds is 8. The molecule has 2 fully saturated rings. The third-order valence-electron chi connectivity index (χ3n) is 6.55. The van der Waals surface area contributed by atoms with E-state index >= 15 is 0 Å². The van der Waals surface area contributed by atoms with E-state index in [1.165, 1.54) is 14.2 Å². The van der Waals surface area contributed by atoms with Crippen molar-refractivity contribution in [1.82, 2.24) is 0 Å². The maximum absolute atomic E-state index is 12.8. The molecule has 0 amide bonds. The van der Waals surface area contributed by atoms with Gasteiger partial charge in [0.25, 0.3) is 0 Å². The fourth-order valence-electron chi connectivity index (χ4n) is 4.98. The van der Waals surface area contributed by atoms with Crippen molar-refractivity contribution in [2.45, 2.75) is 18.1 Å². The summed E-state index contributed by atoms with van der Waals surface area (Å²) >= 11 is 0. The Hall–Kier alpha value is -3.72. The van der Waals surface area contributed by atoms with Gasteiger partial charge in [-0.15, -0.1) is 0 Å². The summed E-state index contributed by atoms with van der Waals surface area (Å²) in [6.45, 7) is -0.332. The molecule has 2 aliphatic rings. The SMILES string of the molecule is COC(=O)[C@H]1[C@H]2O[C@](COC(=O)c3ccccc3)(C[C@H]2COC(=O)c2ccccc2)[C@H]1C(=O)OC. The van der Waals surface area contributed by atoms with Crippen LogP contribution >= 0.6 is 0 Å². The quantitative estimate of drug-likeness (QED) is 0.413. The van der Waals surface area contributed by atoms with Crippen LogP contribution in [0.25, 0.3) is 0 Å². The zero-order valence-corrected chi connectivity index (χ0v) is 19.4. The van der Waals surface area contributed by atoms with Gasteiger partial charge in [-0.05, 0) is 30.7 Å². The van der Waals surface area contributed by atoms with Gasteiger partial charge in [-0.25, -0.2) is 9.59 Å². The number of methoxy groups -OCH3 is 2. The van der Waals surface area contributed by atoms with Gasteiger partial charge < -0.3 is 23.7 Å². The van der Waals surface area contributed by atoms with Crippen LogP contribution in [0.4, 0.5) is 0 Å². The van der Waals surface area contributed by atoms with Gasteiger partial charge in [0.2, 0.25) is 0 Å². The van der Waals surface area contributed by atoms with Crippen molar-refractivity contribution in [3.63, 3.8) is 0 Å². The third kappa shape index (κ3) is 4.77. The Morgan fingerprint density at radius 1 is 0.829 bits per heavy atom. The predicted octanol–water partition coefficient (Wildman–Crippen LogP) is 2.44. The molecular formula is C26H26O9. The molecule has 0 saturated carbocycles. The predicted molar refractivity (Wildman–Crippen MR) is 120 cm³/mol. The van der Waals surface area contributed by atoms with Gasteiger partial charge in [0.05, 0.1) is 44.0 Å². The van der Waals surface area contributed by atoms with Crippen molar-refractivity contribution in [2.24, 2.45) is 17.8 Å². The van der Waals surface area contributed by atoms with E-state index in [0.29, 0.717) is 11.1 Å². The molecule has 0 aliphatic carbocycles. The van der Waals surface area contributed by atoms with Crippen molar-refractivity contribution in [3.8, 4) is 0 Å². The molecule has 4 rings (SSSR count). The second-order valence-electron chi connectivity index (χ2n) is 8.57. The minimum absolute atomic E-state index is 0.0475. The van der Waals surface area contributed by atoms with Gasteiger partial charge in [-0.3, -0.25) is 9.59 Å². The molecular weight excluding hydrogens is 456 g/mol. The monoisotopic (exact) mass is 482 g/mol. The van der Waals surface area contributed by atoms with Crippen molar-refractivity contribution >= 4 is 23.9 Å². The van der Waals surface area contributed by atoms with E-state index in [0.717, 1.165) is 0 Å². The number of ether oxygens (including phenoxy) is 5. The van der Waals surface area contributed by atoms with E-state index in [4.69, 9.17) is 23.7 Å². The highest BCUT2D eigenvalue weighted by molar-refractivity contribution is 5.90. The van der Waals surface area contributed by atoms with Crippen LogP contribution in [0.1, 0.15) is 27.1 Å². The maximum Gasteiger partial charge on any atom is 0.338 e. The molecule has 2 aromatic rings. The first-order chi connectivity index (χ1) is 16.9. The normalized spacial score (nSPS) is 26.6. The average molecular weight is 482 g/mol. The van der Waals surface area contributed by atoms with Gasteiger partial charge in [-0.1, -0.05) is 36.4 Å². The van der Waals surface area contributed by atoms with Crippen LogP contribution in [0.15, 0.2) is 60.7 Å². The highest BCUT2D eigenvalue weighted by atomic mass is 16.6. The molecule has 0 aromatic heterocycles. The summed E-state index contributed by atoms with van der Waals surface area (Å²) in [5, 5.41) is 0. The van der Waals surface area contributed by atoms with Crippen LogP contribution in [-0.4, -0.2) is 63.0 Å². The number of hydrogen-bond donors (Lipinski definition) is 0. The van der Waals surface area contributed by atoms with Crippen LogP contribution in [0.3, 0.4) is 0 Å². The zero-order valence-electron chi connectivity index (χ0n) is 19.4. The lowest BCUT2D eigenvalue weighted by atomic mass is 9.67. The average Bonchev–Trinajstić information content (AvgIpc) is 3.44. The number of benzene rings is 2. The molecule has 5 atom stereocenters. The topological polar surface area (TPSA) is 114 Å². The van der Waals surface area contributed by atoms with E-state index in [9.17, 15) is 19.2 Å². The molecule has 0 spiro atoms. The van der Waals surface area contributed by atoms with Crippen molar-refractivity contribution in [3.05, 3.63) is 71.8 Å². The Kier molecular flexibility index (Phi) is 7.16. The molecule has 184 valence electrons. The number of hydrogen-bond acceptors (Lipinski definition) is 9. The van der Waals surface area contributed by atoms with E-state index in [-0.39, 0.29) is 19.6 Å². The second kappa shape index (κ2) is 10.3. The first kappa shape index (κ1) is 24.4. The first-order valence-electron chi connectivity index (χ1n) is 11.2. The van der Waals surface area contributed by atoms with Crippen LogP contribution in [-0.2, 0) is 33.3 Å². The minimum atomic E-state index is -1.33. The fraction of sp³-hybridized carbons (Fsp3) is 0.385. The fourth-order valence-corrected chi connectivity index (χ4v) is 4.98. The molecule has 9 heteroatoms. The van der Waals surface area contributed by atoms with Crippen molar-refractivity contribution in [1.29, 1.82) is 0 Å². The number of fused-ring (bicyclic) bond motifs is 2. The van der Waals surface area contributed by atoms with Crippen LogP contribution in [0.5, 0.6) is 0 Å². The molecule has 2 heterocycles. The van der Waals surface area contributed by atoms with Gasteiger partial charge >= 0.3 is 23.9 Å². The summed E-state index contributed by atoms with van der Waals surface area (Å²) in [6, 6.07) is 16.9. The Morgan fingerprint density at radius 3 is 1.91 bits per heavy atom. The van der Waals surface area contributed by atoms with Gasteiger partial charge in [-0.2, -0.15) is 0 Å². The summed E-state index contributed by atoms with van der Waals surface area (Å²) in [7, 11) is 2.43. The Labute approximate surface area is 202 Å². The molecule has 35 heavy (non-hydrogen) atoms. The molecule has 2 aromatic carbocycles. The maximum atomic E-state index is 12.8. The minimum Gasteiger partial charge on any atom is -0.469 e. The van der Waals surface area contributed by atoms with Gasteiger partial charge in [0, 0.05) is 5.92 Å². The molecule has 2 aliphatic heterocycles. The summed E-state index contributed by atoms with van der Waals surface area (Å²) in [5.41, 5.74) is -0.603. The molecule has 0 N–H and O–H groups in total. The Morgan fingerprint density at radius 2 is 1.37 bits per heavy atom. The van der Waals surface area contributed by atoms with Gasteiger partial charge in [0.1, 0.15) is 18.1 Å².